The Hall–Kier alpha value is -3.11. The number of rotatable bonds is 6. The van der Waals surface area contributed by atoms with Crippen LogP contribution in [0, 0.1) is 0 Å². The Balaban J connectivity index is 1.26. The zero-order chi connectivity index (χ0) is 20.1. The highest BCUT2D eigenvalue weighted by molar-refractivity contribution is 7.12. The molecule has 150 valence electrons. The van der Waals surface area contributed by atoms with Gasteiger partial charge in [-0.15, -0.1) is 16.4 Å². The van der Waals surface area contributed by atoms with E-state index in [9.17, 15) is 9.59 Å². The van der Waals surface area contributed by atoms with Crippen molar-refractivity contribution >= 4 is 28.8 Å². The SMILES string of the molecule is O=C(CN1CCC(NC(=O)c2sccc2-n2cnnn2)CC1)Nc1ccccc1. The molecule has 1 saturated heterocycles. The Morgan fingerprint density at radius 3 is 2.66 bits per heavy atom. The fraction of sp³-hybridized carbons (Fsp3) is 0.316. The Morgan fingerprint density at radius 2 is 1.93 bits per heavy atom. The monoisotopic (exact) mass is 411 g/mol. The lowest BCUT2D eigenvalue weighted by Crippen LogP contribution is -2.46. The van der Waals surface area contributed by atoms with E-state index in [1.54, 1.807) is 0 Å². The molecule has 0 radical (unpaired) electrons. The van der Waals surface area contributed by atoms with Crippen LogP contribution < -0.4 is 10.6 Å². The van der Waals surface area contributed by atoms with Crippen molar-refractivity contribution in [2.75, 3.05) is 25.0 Å². The van der Waals surface area contributed by atoms with Crippen LogP contribution in [-0.4, -0.2) is 62.6 Å². The Kier molecular flexibility index (Phi) is 5.92. The molecule has 0 saturated carbocycles. The van der Waals surface area contributed by atoms with Gasteiger partial charge in [-0.2, -0.15) is 4.68 Å². The van der Waals surface area contributed by atoms with Crippen LogP contribution in [0.3, 0.4) is 0 Å². The molecule has 1 fully saturated rings. The largest absolute Gasteiger partial charge is 0.348 e. The van der Waals surface area contributed by atoms with E-state index in [1.165, 1.54) is 22.3 Å². The van der Waals surface area contributed by atoms with Crippen LogP contribution in [0.4, 0.5) is 5.69 Å². The van der Waals surface area contributed by atoms with Crippen LogP contribution in [0.2, 0.25) is 0 Å². The lowest BCUT2D eigenvalue weighted by Gasteiger charge is -2.31. The van der Waals surface area contributed by atoms with Gasteiger partial charge in [0.2, 0.25) is 5.91 Å². The minimum absolute atomic E-state index is 0.0247. The molecular weight excluding hydrogens is 390 g/mol. The van der Waals surface area contributed by atoms with Gasteiger partial charge in [-0.3, -0.25) is 14.5 Å². The average molecular weight is 411 g/mol. The first-order chi connectivity index (χ1) is 14.2. The standard InChI is InChI=1S/C19H21N7O2S/c27-17(21-14-4-2-1-3-5-14)12-25-9-6-15(7-10-25)22-19(28)18-16(8-11-29-18)26-13-20-23-24-26/h1-5,8,11,13,15H,6-7,9-10,12H2,(H,21,27)(H,22,28). The topological polar surface area (TPSA) is 105 Å². The van der Waals surface area contributed by atoms with Crippen LogP contribution in [0.25, 0.3) is 5.69 Å². The fourth-order valence-corrected chi connectivity index (χ4v) is 4.12. The van der Waals surface area contributed by atoms with E-state index in [1.807, 2.05) is 41.8 Å². The number of anilines is 1. The number of benzene rings is 1. The number of carbonyl (C=O) groups excluding carboxylic acids is 2. The summed E-state index contributed by atoms with van der Waals surface area (Å²) in [6.07, 6.45) is 3.07. The van der Waals surface area contributed by atoms with Gasteiger partial charge in [-0.05, 0) is 46.8 Å². The van der Waals surface area contributed by atoms with Crippen LogP contribution in [0.5, 0.6) is 0 Å². The molecule has 1 aliphatic rings. The highest BCUT2D eigenvalue weighted by Gasteiger charge is 2.24. The third kappa shape index (κ3) is 4.84. The highest BCUT2D eigenvalue weighted by Crippen LogP contribution is 2.21. The third-order valence-electron chi connectivity index (χ3n) is 4.79. The summed E-state index contributed by atoms with van der Waals surface area (Å²) >= 11 is 1.36. The predicted molar refractivity (Wildman–Crippen MR) is 109 cm³/mol. The number of nitrogens with one attached hydrogen (secondary N) is 2. The van der Waals surface area contributed by atoms with Crippen LogP contribution in [0.15, 0.2) is 48.1 Å². The van der Waals surface area contributed by atoms with Crippen molar-refractivity contribution in [1.29, 1.82) is 0 Å². The molecule has 0 atom stereocenters. The summed E-state index contributed by atoms with van der Waals surface area (Å²) < 4.78 is 1.49. The number of amides is 2. The second-order valence-corrected chi connectivity index (χ2v) is 7.74. The van der Waals surface area contributed by atoms with Crippen molar-refractivity contribution in [1.82, 2.24) is 30.4 Å². The van der Waals surface area contributed by atoms with Gasteiger partial charge < -0.3 is 10.6 Å². The summed E-state index contributed by atoms with van der Waals surface area (Å²) in [5, 5.41) is 18.9. The normalized spacial score (nSPS) is 15.2. The van der Waals surface area contributed by atoms with Gasteiger partial charge >= 0.3 is 0 Å². The molecule has 0 aliphatic carbocycles. The number of aromatic nitrogens is 4. The fourth-order valence-electron chi connectivity index (χ4n) is 3.34. The summed E-state index contributed by atoms with van der Waals surface area (Å²) in [5.74, 6) is -0.144. The first-order valence-electron chi connectivity index (χ1n) is 9.38. The van der Waals surface area contributed by atoms with E-state index in [0.29, 0.717) is 17.1 Å². The number of nitrogens with zero attached hydrogens (tertiary/aromatic N) is 5. The molecule has 1 aromatic carbocycles. The van der Waals surface area contributed by atoms with Crippen molar-refractivity contribution in [2.24, 2.45) is 0 Å². The second-order valence-electron chi connectivity index (χ2n) is 6.83. The minimum atomic E-state index is -0.120. The average Bonchev–Trinajstić information content (AvgIpc) is 3.42. The van der Waals surface area contributed by atoms with E-state index in [4.69, 9.17) is 0 Å². The summed E-state index contributed by atoms with van der Waals surface area (Å²) in [6.45, 7) is 1.87. The molecule has 1 aliphatic heterocycles. The van der Waals surface area contributed by atoms with Gasteiger partial charge in [-0.25, -0.2) is 0 Å². The number of carbonyl (C=O) groups is 2. The predicted octanol–water partition coefficient (Wildman–Crippen LogP) is 1.56. The summed E-state index contributed by atoms with van der Waals surface area (Å²) in [4.78, 5) is 27.6. The Morgan fingerprint density at radius 1 is 1.14 bits per heavy atom. The first kappa shape index (κ1) is 19.2. The molecule has 29 heavy (non-hydrogen) atoms. The summed E-state index contributed by atoms with van der Waals surface area (Å²) in [5.41, 5.74) is 1.47. The molecule has 0 unspecified atom stereocenters. The van der Waals surface area contributed by atoms with Crippen molar-refractivity contribution in [3.05, 3.63) is 53.0 Å². The van der Waals surface area contributed by atoms with Crippen molar-refractivity contribution in [3.8, 4) is 5.69 Å². The van der Waals surface area contributed by atoms with Gasteiger partial charge in [0, 0.05) is 24.8 Å². The summed E-state index contributed by atoms with van der Waals surface area (Å²) in [7, 11) is 0. The van der Waals surface area contributed by atoms with Crippen molar-refractivity contribution < 1.29 is 9.59 Å². The molecule has 2 amide bonds. The maximum Gasteiger partial charge on any atom is 0.263 e. The molecule has 3 aromatic rings. The smallest absolute Gasteiger partial charge is 0.263 e. The van der Waals surface area contributed by atoms with Crippen LogP contribution >= 0.6 is 11.3 Å². The van der Waals surface area contributed by atoms with E-state index in [-0.39, 0.29) is 17.9 Å². The minimum Gasteiger partial charge on any atom is -0.348 e. The molecule has 10 heteroatoms. The quantitative estimate of drug-likeness (QED) is 0.638. The molecule has 0 bridgehead atoms. The third-order valence-corrected chi connectivity index (χ3v) is 5.70. The number of likely N-dealkylation sites (tertiary alicyclic amines) is 1. The molecular formula is C19H21N7O2S. The number of thiophene rings is 1. The van der Waals surface area contributed by atoms with Gasteiger partial charge in [0.05, 0.1) is 12.2 Å². The molecule has 9 nitrogen and oxygen atoms in total. The molecule has 3 heterocycles. The number of para-hydroxylation sites is 1. The lowest BCUT2D eigenvalue weighted by molar-refractivity contribution is -0.117. The number of tetrazole rings is 1. The maximum atomic E-state index is 12.7. The van der Waals surface area contributed by atoms with Crippen molar-refractivity contribution in [2.45, 2.75) is 18.9 Å². The van der Waals surface area contributed by atoms with E-state index in [2.05, 4.69) is 31.1 Å². The molecule has 2 N–H and O–H groups in total. The molecule has 4 rings (SSSR count). The number of piperidine rings is 1. The highest BCUT2D eigenvalue weighted by atomic mass is 32.1. The van der Waals surface area contributed by atoms with Crippen LogP contribution in [-0.2, 0) is 4.79 Å². The van der Waals surface area contributed by atoms with Gasteiger partial charge in [0.1, 0.15) is 11.2 Å². The van der Waals surface area contributed by atoms with Gasteiger partial charge in [0.15, 0.2) is 0 Å². The maximum absolute atomic E-state index is 12.7. The van der Waals surface area contributed by atoms with Gasteiger partial charge in [-0.1, -0.05) is 18.2 Å². The Bertz CT molecular complexity index is 950. The molecule has 0 spiro atoms. The zero-order valence-electron chi connectivity index (χ0n) is 15.7. The zero-order valence-corrected chi connectivity index (χ0v) is 16.5. The van der Waals surface area contributed by atoms with Gasteiger partial charge in [0.25, 0.3) is 5.91 Å². The second kappa shape index (κ2) is 8.93. The number of hydrogen-bond acceptors (Lipinski definition) is 7. The Labute approximate surface area is 171 Å². The van der Waals surface area contributed by atoms with E-state index >= 15 is 0 Å². The molecule has 2 aromatic heterocycles. The van der Waals surface area contributed by atoms with Crippen LogP contribution in [0.1, 0.15) is 22.5 Å². The van der Waals surface area contributed by atoms with Crippen molar-refractivity contribution in [3.63, 3.8) is 0 Å². The lowest BCUT2D eigenvalue weighted by atomic mass is 10.0. The van der Waals surface area contributed by atoms with E-state index in [0.717, 1.165) is 31.6 Å². The summed E-state index contributed by atoms with van der Waals surface area (Å²) in [6, 6.07) is 11.3. The first-order valence-corrected chi connectivity index (χ1v) is 10.3. The van der Waals surface area contributed by atoms with E-state index < -0.39 is 0 Å². The number of hydrogen-bond donors (Lipinski definition) is 2.